The van der Waals surface area contributed by atoms with Gasteiger partial charge in [0.25, 0.3) is 0 Å². The second-order valence-corrected chi connectivity index (χ2v) is 3.47. The number of nitrogens with one attached hydrogen (secondary N) is 2. The molecule has 62 valence electrons. The Balaban J connectivity index is 2.12. The molecule has 1 amide bonds. The second-order valence-electron chi connectivity index (χ2n) is 3.47. The third-order valence-corrected chi connectivity index (χ3v) is 2.77. The van der Waals surface area contributed by atoms with Crippen molar-refractivity contribution in [2.24, 2.45) is 0 Å². The maximum Gasteiger partial charge on any atom is 0.240 e. The number of hydrogen-bond donors (Lipinski definition) is 2. The largest absolute Gasteiger partial charge is 0.354 e. The summed E-state index contributed by atoms with van der Waals surface area (Å²) >= 11 is 0. The van der Waals surface area contributed by atoms with Crippen LogP contribution in [0, 0.1) is 0 Å². The molecule has 0 aromatic rings. The van der Waals surface area contributed by atoms with Gasteiger partial charge in [-0.3, -0.25) is 4.79 Å². The molecule has 2 fully saturated rings. The number of piperidine rings is 1. The molecule has 0 bridgehead atoms. The Bertz CT molecular complexity index is 173. The van der Waals surface area contributed by atoms with Gasteiger partial charge in [0.2, 0.25) is 5.91 Å². The van der Waals surface area contributed by atoms with E-state index in [9.17, 15) is 4.79 Å². The zero-order chi connectivity index (χ0) is 7.73. The first-order chi connectivity index (χ1) is 5.33. The molecule has 2 N–H and O–H groups in total. The predicted octanol–water partition coefficient (Wildman–Crippen LogP) is 0.0186. The highest BCUT2D eigenvalue weighted by Crippen LogP contribution is 2.25. The van der Waals surface area contributed by atoms with Gasteiger partial charge in [-0.05, 0) is 32.2 Å². The van der Waals surface area contributed by atoms with Gasteiger partial charge >= 0.3 is 0 Å². The molecule has 3 heteroatoms. The molecule has 2 aliphatic rings. The zero-order valence-electron chi connectivity index (χ0n) is 6.65. The van der Waals surface area contributed by atoms with Crippen molar-refractivity contribution in [3.63, 3.8) is 0 Å². The lowest BCUT2D eigenvalue weighted by Gasteiger charge is -2.31. The number of hydrogen-bond acceptors (Lipinski definition) is 2. The minimum atomic E-state index is -0.168. The van der Waals surface area contributed by atoms with Gasteiger partial charge in [-0.25, -0.2) is 0 Å². The maximum atomic E-state index is 11.4. The van der Waals surface area contributed by atoms with Crippen molar-refractivity contribution >= 4 is 5.91 Å². The van der Waals surface area contributed by atoms with Crippen molar-refractivity contribution in [1.82, 2.24) is 10.6 Å². The Labute approximate surface area is 66.5 Å². The molecule has 2 rings (SSSR count). The summed E-state index contributed by atoms with van der Waals surface area (Å²) in [5.74, 6) is 0.220. The van der Waals surface area contributed by atoms with Gasteiger partial charge in [-0.1, -0.05) is 0 Å². The Morgan fingerprint density at radius 1 is 1.18 bits per heavy atom. The van der Waals surface area contributed by atoms with E-state index in [2.05, 4.69) is 10.6 Å². The van der Waals surface area contributed by atoms with Crippen molar-refractivity contribution in [2.75, 3.05) is 13.1 Å². The van der Waals surface area contributed by atoms with Crippen LogP contribution in [0.1, 0.15) is 25.7 Å². The molecular formula is C8H14N2O. The summed E-state index contributed by atoms with van der Waals surface area (Å²) in [6.45, 7) is 1.86. The van der Waals surface area contributed by atoms with Crippen LogP contribution in [0.25, 0.3) is 0 Å². The Hall–Kier alpha value is -0.570. The Morgan fingerprint density at radius 3 is 2.64 bits per heavy atom. The maximum absolute atomic E-state index is 11.4. The van der Waals surface area contributed by atoms with E-state index >= 15 is 0 Å². The first kappa shape index (κ1) is 7.10. The molecule has 1 spiro atoms. The smallest absolute Gasteiger partial charge is 0.240 e. The summed E-state index contributed by atoms with van der Waals surface area (Å²) in [6.07, 6.45) is 4.42. The fourth-order valence-corrected chi connectivity index (χ4v) is 2.05. The number of rotatable bonds is 0. The summed E-state index contributed by atoms with van der Waals surface area (Å²) in [4.78, 5) is 11.4. The highest BCUT2D eigenvalue weighted by molar-refractivity contribution is 5.88. The van der Waals surface area contributed by atoms with Gasteiger partial charge in [0.05, 0.1) is 5.54 Å². The standard InChI is InChI=1S/C8H14N2O/c11-7-8(4-6-9-7)3-1-2-5-10-8/h10H,1-6H2,(H,9,11)/t8-/m1/s1. The molecule has 11 heavy (non-hydrogen) atoms. The van der Waals surface area contributed by atoms with Gasteiger partial charge < -0.3 is 10.6 Å². The van der Waals surface area contributed by atoms with E-state index in [1.54, 1.807) is 0 Å². The van der Waals surface area contributed by atoms with Crippen LogP contribution < -0.4 is 10.6 Å². The van der Waals surface area contributed by atoms with Gasteiger partial charge in [-0.2, -0.15) is 0 Å². The van der Waals surface area contributed by atoms with Crippen LogP contribution in [0.5, 0.6) is 0 Å². The molecular weight excluding hydrogens is 140 g/mol. The van der Waals surface area contributed by atoms with E-state index in [-0.39, 0.29) is 11.4 Å². The van der Waals surface area contributed by atoms with Crippen LogP contribution in [0.15, 0.2) is 0 Å². The van der Waals surface area contributed by atoms with Gasteiger partial charge in [-0.15, -0.1) is 0 Å². The average molecular weight is 154 g/mol. The van der Waals surface area contributed by atoms with Gasteiger partial charge in [0.15, 0.2) is 0 Å². The average Bonchev–Trinajstić information content (AvgIpc) is 2.36. The van der Waals surface area contributed by atoms with E-state index in [1.165, 1.54) is 12.8 Å². The van der Waals surface area contributed by atoms with Crippen LogP contribution >= 0.6 is 0 Å². The molecule has 2 aliphatic heterocycles. The molecule has 0 aromatic heterocycles. The van der Waals surface area contributed by atoms with E-state index in [0.717, 1.165) is 25.9 Å². The highest BCUT2D eigenvalue weighted by atomic mass is 16.2. The fourth-order valence-electron chi connectivity index (χ4n) is 2.05. The lowest BCUT2D eigenvalue weighted by Crippen LogP contribution is -2.53. The third kappa shape index (κ3) is 1.03. The van der Waals surface area contributed by atoms with Crippen molar-refractivity contribution in [2.45, 2.75) is 31.2 Å². The van der Waals surface area contributed by atoms with Crippen LogP contribution in [-0.2, 0) is 4.79 Å². The topological polar surface area (TPSA) is 41.1 Å². The minimum absolute atomic E-state index is 0.168. The van der Waals surface area contributed by atoms with Gasteiger partial charge in [0, 0.05) is 6.54 Å². The monoisotopic (exact) mass is 154 g/mol. The highest BCUT2D eigenvalue weighted by Gasteiger charge is 2.42. The molecule has 3 nitrogen and oxygen atoms in total. The lowest BCUT2D eigenvalue weighted by molar-refractivity contribution is -0.125. The molecule has 0 unspecified atom stereocenters. The van der Waals surface area contributed by atoms with Crippen molar-refractivity contribution in [1.29, 1.82) is 0 Å². The molecule has 0 saturated carbocycles. The van der Waals surface area contributed by atoms with Crippen LogP contribution in [0.4, 0.5) is 0 Å². The van der Waals surface area contributed by atoms with Crippen LogP contribution in [0.3, 0.4) is 0 Å². The first-order valence-corrected chi connectivity index (χ1v) is 4.37. The second kappa shape index (κ2) is 2.48. The first-order valence-electron chi connectivity index (χ1n) is 4.37. The summed E-state index contributed by atoms with van der Waals surface area (Å²) in [6, 6.07) is 0. The zero-order valence-corrected chi connectivity index (χ0v) is 6.65. The lowest BCUT2D eigenvalue weighted by atomic mass is 9.88. The fraction of sp³-hybridized carbons (Fsp3) is 0.875. The molecule has 0 radical (unpaired) electrons. The van der Waals surface area contributed by atoms with E-state index in [1.807, 2.05) is 0 Å². The quantitative estimate of drug-likeness (QED) is 0.516. The summed E-state index contributed by atoms with van der Waals surface area (Å²) in [5.41, 5.74) is -0.168. The Kier molecular flexibility index (Phi) is 1.60. The summed E-state index contributed by atoms with van der Waals surface area (Å²) < 4.78 is 0. The number of carbonyl (C=O) groups is 1. The minimum Gasteiger partial charge on any atom is -0.354 e. The van der Waals surface area contributed by atoms with Crippen molar-refractivity contribution in [3.05, 3.63) is 0 Å². The normalized spacial score (nSPS) is 37.6. The molecule has 0 aliphatic carbocycles. The van der Waals surface area contributed by atoms with E-state index < -0.39 is 0 Å². The summed E-state index contributed by atoms with van der Waals surface area (Å²) in [5, 5.41) is 6.21. The van der Waals surface area contributed by atoms with Crippen molar-refractivity contribution < 1.29 is 4.79 Å². The number of amides is 1. The molecule has 1 atom stereocenters. The molecule has 2 saturated heterocycles. The molecule has 2 heterocycles. The van der Waals surface area contributed by atoms with Crippen LogP contribution in [0.2, 0.25) is 0 Å². The van der Waals surface area contributed by atoms with Gasteiger partial charge in [0.1, 0.15) is 0 Å². The third-order valence-electron chi connectivity index (χ3n) is 2.77. The van der Waals surface area contributed by atoms with Crippen LogP contribution in [-0.4, -0.2) is 24.5 Å². The van der Waals surface area contributed by atoms with E-state index in [4.69, 9.17) is 0 Å². The predicted molar refractivity (Wildman–Crippen MR) is 42.2 cm³/mol. The molecule has 0 aromatic carbocycles. The van der Waals surface area contributed by atoms with E-state index in [0.29, 0.717) is 0 Å². The number of carbonyl (C=O) groups excluding carboxylic acids is 1. The SMILES string of the molecule is O=C1NCC[C@]12CCCCN2. The Morgan fingerprint density at radius 2 is 2.09 bits per heavy atom. The summed E-state index contributed by atoms with van der Waals surface area (Å²) in [7, 11) is 0. The van der Waals surface area contributed by atoms with Crippen molar-refractivity contribution in [3.8, 4) is 0 Å².